The van der Waals surface area contributed by atoms with Gasteiger partial charge in [-0.1, -0.05) is 53.6 Å². The summed E-state index contributed by atoms with van der Waals surface area (Å²) in [5, 5.41) is 10.8. The van der Waals surface area contributed by atoms with Crippen LogP contribution in [0.25, 0.3) is 0 Å². The molecule has 2 aromatic rings. The first-order valence-corrected chi connectivity index (χ1v) is 6.99. The zero-order valence-corrected chi connectivity index (χ0v) is 11.9. The maximum atomic E-state index is 10.1. The number of aryl methyl sites for hydroxylation is 2. The molecule has 0 amide bonds. The lowest BCUT2D eigenvalue weighted by molar-refractivity contribution is 0.165. The van der Waals surface area contributed by atoms with Crippen LogP contribution in [0.1, 0.15) is 23.1 Å². The predicted molar refractivity (Wildman–Crippen MR) is 80.7 cm³/mol. The van der Waals surface area contributed by atoms with E-state index in [1.54, 1.807) is 0 Å². The van der Waals surface area contributed by atoms with Gasteiger partial charge in [0.15, 0.2) is 0 Å². The molecular formula is C17H19ClO. The molecule has 0 saturated carbocycles. The van der Waals surface area contributed by atoms with E-state index in [9.17, 15) is 5.11 Å². The highest BCUT2D eigenvalue weighted by Crippen LogP contribution is 2.14. The molecule has 1 nitrogen and oxygen atoms in total. The van der Waals surface area contributed by atoms with Crippen molar-refractivity contribution in [1.29, 1.82) is 0 Å². The molecule has 0 bridgehead atoms. The van der Waals surface area contributed by atoms with Crippen molar-refractivity contribution in [3.63, 3.8) is 0 Å². The van der Waals surface area contributed by atoms with E-state index in [1.165, 1.54) is 11.1 Å². The molecule has 100 valence electrons. The van der Waals surface area contributed by atoms with E-state index in [4.69, 9.17) is 11.6 Å². The average Bonchev–Trinajstić information content (AvgIpc) is 2.38. The Morgan fingerprint density at radius 1 is 1.05 bits per heavy atom. The highest BCUT2D eigenvalue weighted by Gasteiger charge is 2.06. The number of hydrogen-bond acceptors (Lipinski definition) is 1. The lowest BCUT2D eigenvalue weighted by atomic mass is 10.0. The van der Waals surface area contributed by atoms with Gasteiger partial charge in [0, 0.05) is 5.02 Å². The summed E-state index contributed by atoms with van der Waals surface area (Å²) in [6.45, 7) is 2.08. The minimum atomic E-state index is -0.320. The van der Waals surface area contributed by atoms with Gasteiger partial charge in [-0.25, -0.2) is 0 Å². The van der Waals surface area contributed by atoms with Gasteiger partial charge in [0.2, 0.25) is 0 Å². The van der Waals surface area contributed by atoms with Crippen LogP contribution >= 0.6 is 11.6 Å². The molecule has 0 aliphatic rings. The number of rotatable bonds is 5. The van der Waals surface area contributed by atoms with Gasteiger partial charge in [-0.2, -0.15) is 0 Å². The van der Waals surface area contributed by atoms with Gasteiger partial charge in [0.25, 0.3) is 0 Å². The Balaban J connectivity index is 1.84. The van der Waals surface area contributed by atoms with Crippen LogP contribution in [-0.4, -0.2) is 11.2 Å². The van der Waals surface area contributed by atoms with Gasteiger partial charge < -0.3 is 5.11 Å². The van der Waals surface area contributed by atoms with Gasteiger partial charge in [0.1, 0.15) is 0 Å². The minimum Gasteiger partial charge on any atom is -0.393 e. The molecule has 0 aliphatic heterocycles. The Hall–Kier alpha value is -1.31. The van der Waals surface area contributed by atoms with Crippen molar-refractivity contribution in [2.24, 2.45) is 0 Å². The van der Waals surface area contributed by atoms with Crippen molar-refractivity contribution in [2.45, 2.75) is 32.3 Å². The molecule has 0 aromatic heterocycles. The van der Waals surface area contributed by atoms with Crippen LogP contribution in [0.2, 0.25) is 5.02 Å². The smallest absolute Gasteiger partial charge is 0.0583 e. The third-order valence-electron chi connectivity index (χ3n) is 3.25. The number of aliphatic hydroxyl groups is 1. The number of benzene rings is 2. The fraction of sp³-hybridized carbons (Fsp3) is 0.294. The molecule has 1 unspecified atom stereocenters. The molecule has 0 aliphatic carbocycles. The summed E-state index contributed by atoms with van der Waals surface area (Å²) < 4.78 is 0. The monoisotopic (exact) mass is 274 g/mol. The van der Waals surface area contributed by atoms with Crippen LogP contribution < -0.4 is 0 Å². The quantitative estimate of drug-likeness (QED) is 0.867. The standard InChI is InChI=1S/C17H19ClO/c1-13-5-7-14(8-6-13)9-10-17(19)12-15-3-2-4-16(18)11-15/h2-8,11,17,19H,9-10,12H2,1H3. The Labute approximate surface area is 119 Å². The molecule has 0 fully saturated rings. The number of halogens is 1. The van der Waals surface area contributed by atoms with Crippen molar-refractivity contribution >= 4 is 11.6 Å². The lowest BCUT2D eigenvalue weighted by Crippen LogP contribution is -2.11. The Morgan fingerprint density at radius 3 is 2.47 bits per heavy atom. The number of hydrogen-bond donors (Lipinski definition) is 1. The topological polar surface area (TPSA) is 20.2 Å². The SMILES string of the molecule is Cc1ccc(CCC(O)Cc2cccc(Cl)c2)cc1. The molecule has 0 heterocycles. The Kier molecular flexibility index (Phi) is 5.00. The zero-order valence-electron chi connectivity index (χ0n) is 11.1. The van der Waals surface area contributed by atoms with Gasteiger partial charge in [-0.05, 0) is 49.4 Å². The molecular weight excluding hydrogens is 256 g/mol. The summed E-state index contributed by atoms with van der Waals surface area (Å²) in [6, 6.07) is 16.2. The predicted octanol–water partition coefficient (Wildman–Crippen LogP) is 4.18. The second-order valence-electron chi connectivity index (χ2n) is 5.01. The molecule has 1 N–H and O–H groups in total. The van der Waals surface area contributed by atoms with Crippen LogP contribution in [0.4, 0.5) is 0 Å². The first-order chi connectivity index (χ1) is 9.13. The fourth-order valence-electron chi connectivity index (χ4n) is 2.13. The zero-order chi connectivity index (χ0) is 13.7. The lowest BCUT2D eigenvalue weighted by Gasteiger charge is -2.11. The van der Waals surface area contributed by atoms with Crippen molar-refractivity contribution in [1.82, 2.24) is 0 Å². The summed E-state index contributed by atoms with van der Waals surface area (Å²) in [4.78, 5) is 0. The summed E-state index contributed by atoms with van der Waals surface area (Å²) in [5.74, 6) is 0. The minimum absolute atomic E-state index is 0.320. The Morgan fingerprint density at radius 2 is 1.79 bits per heavy atom. The first kappa shape index (κ1) is 14.1. The third-order valence-corrected chi connectivity index (χ3v) is 3.48. The van der Waals surface area contributed by atoms with Crippen molar-refractivity contribution in [2.75, 3.05) is 0 Å². The normalized spacial score (nSPS) is 12.4. The highest BCUT2D eigenvalue weighted by atomic mass is 35.5. The molecule has 0 spiro atoms. The summed E-state index contributed by atoms with van der Waals surface area (Å²) in [7, 11) is 0. The van der Waals surface area contributed by atoms with Crippen LogP contribution in [0, 0.1) is 6.92 Å². The van der Waals surface area contributed by atoms with E-state index in [0.717, 1.165) is 23.4 Å². The van der Waals surface area contributed by atoms with Crippen molar-refractivity contribution < 1.29 is 5.11 Å². The van der Waals surface area contributed by atoms with Gasteiger partial charge in [0.05, 0.1) is 6.10 Å². The number of aliphatic hydroxyl groups excluding tert-OH is 1. The van der Waals surface area contributed by atoms with E-state index in [0.29, 0.717) is 6.42 Å². The largest absolute Gasteiger partial charge is 0.393 e. The van der Waals surface area contributed by atoms with E-state index in [1.807, 2.05) is 24.3 Å². The van der Waals surface area contributed by atoms with Crippen LogP contribution in [-0.2, 0) is 12.8 Å². The van der Waals surface area contributed by atoms with E-state index < -0.39 is 0 Å². The van der Waals surface area contributed by atoms with Gasteiger partial charge in [-0.15, -0.1) is 0 Å². The fourth-order valence-corrected chi connectivity index (χ4v) is 2.34. The third kappa shape index (κ3) is 4.70. The second kappa shape index (κ2) is 6.74. The summed E-state index contributed by atoms with van der Waals surface area (Å²) in [5.41, 5.74) is 3.63. The maximum Gasteiger partial charge on any atom is 0.0583 e. The average molecular weight is 275 g/mol. The van der Waals surface area contributed by atoms with Crippen LogP contribution in [0.3, 0.4) is 0 Å². The van der Waals surface area contributed by atoms with Crippen molar-refractivity contribution in [3.05, 3.63) is 70.2 Å². The summed E-state index contributed by atoms with van der Waals surface area (Å²) >= 11 is 5.93. The molecule has 2 rings (SSSR count). The Bertz CT molecular complexity index is 519. The van der Waals surface area contributed by atoms with Crippen LogP contribution in [0.5, 0.6) is 0 Å². The van der Waals surface area contributed by atoms with Crippen molar-refractivity contribution in [3.8, 4) is 0 Å². The van der Waals surface area contributed by atoms with E-state index in [2.05, 4.69) is 31.2 Å². The van der Waals surface area contributed by atoms with E-state index >= 15 is 0 Å². The second-order valence-corrected chi connectivity index (χ2v) is 5.45. The molecule has 0 radical (unpaired) electrons. The first-order valence-electron chi connectivity index (χ1n) is 6.61. The van der Waals surface area contributed by atoms with Crippen LogP contribution in [0.15, 0.2) is 48.5 Å². The molecule has 2 aromatic carbocycles. The summed E-state index contributed by atoms with van der Waals surface area (Å²) in [6.07, 6.45) is 2.02. The van der Waals surface area contributed by atoms with Gasteiger partial charge in [-0.3, -0.25) is 0 Å². The van der Waals surface area contributed by atoms with E-state index in [-0.39, 0.29) is 6.10 Å². The molecule has 0 saturated heterocycles. The highest BCUT2D eigenvalue weighted by molar-refractivity contribution is 6.30. The van der Waals surface area contributed by atoms with Gasteiger partial charge >= 0.3 is 0 Å². The maximum absolute atomic E-state index is 10.1. The molecule has 1 atom stereocenters. The molecule has 2 heteroatoms. The molecule has 19 heavy (non-hydrogen) atoms.